The van der Waals surface area contributed by atoms with E-state index in [0.717, 1.165) is 50.1 Å². The number of phenolic OH excluding ortho intramolecular Hbond substituents is 3. The van der Waals surface area contributed by atoms with Gasteiger partial charge in [-0.1, -0.05) is 168 Å². The number of hydrogen-bond donors (Lipinski definition) is 9. The molecule has 0 fully saturated rings. The zero-order valence-electron chi connectivity index (χ0n) is 45.1. The molecule has 12 nitrogen and oxygen atoms in total. The molecule has 9 N–H and O–H groups in total. The molecule has 3 aromatic carbocycles. The highest BCUT2D eigenvalue weighted by molar-refractivity contribution is 5.68. The second-order valence-corrected chi connectivity index (χ2v) is 24.6. The molecule has 0 aliphatic rings. The molecule has 0 unspecified atom stereocenters. The SMILES string of the molecule is CC(C)(C)c1cc(CCC(=O)O)c(O)c(C(C)(C)C)c1.CC(C)(C)c1cc(CCC(=O)O)c(O)c(C(C)(C)C)c1.CC(C)(C)c1cc(CCC(=O)O)c(O)c(C(C)(C)C)c1.CC(CO)(CO)CO. The van der Waals surface area contributed by atoms with E-state index in [1.54, 1.807) is 6.92 Å². The van der Waals surface area contributed by atoms with Gasteiger partial charge >= 0.3 is 17.9 Å². The predicted octanol–water partition coefficient (Wildman–Crippen LogP) is 11.0. The molecule has 0 aliphatic carbocycles. The molecule has 12 heteroatoms. The normalized spacial score (nSPS) is 12.4. The zero-order valence-corrected chi connectivity index (χ0v) is 45.1. The van der Waals surface area contributed by atoms with E-state index in [9.17, 15) is 29.7 Å². The Morgan fingerprint density at radius 3 is 0.662 bits per heavy atom. The van der Waals surface area contributed by atoms with Gasteiger partial charge in [-0.3, -0.25) is 14.4 Å². The van der Waals surface area contributed by atoms with Crippen LogP contribution in [-0.2, 0) is 66.1 Å². The predicted molar refractivity (Wildman–Crippen MR) is 274 cm³/mol. The molecule has 386 valence electrons. The van der Waals surface area contributed by atoms with Crippen LogP contribution in [0.15, 0.2) is 36.4 Å². The third-order valence-electron chi connectivity index (χ3n) is 11.6. The van der Waals surface area contributed by atoms with Crippen molar-refractivity contribution in [3.05, 3.63) is 86.5 Å². The summed E-state index contributed by atoms with van der Waals surface area (Å²) in [5.41, 5.74) is 6.85. The average Bonchev–Trinajstić information content (AvgIpc) is 3.17. The van der Waals surface area contributed by atoms with Crippen LogP contribution in [0.4, 0.5) is 0 Å². The Bertz CT molecular complexity index is 1880. The first kappa shape index (κ1) is 63.4. The van der Waals surface area contributed by atoms with Gasteiger partial charge in [-0.05, 0) is 102 Å². The first-order valence-electron chi connectivity index (χ1n) is 23.5. The Kier molecular flexibility index (Phi) is 23.1. The third-order valence-corrected chi connectivity index (χ3v) is 11.6. The van der Waals surface area contributed by atoms with Gasteiger partial charge in [0.15, 0.2) is 0 Å². The number of carboxylic acid groups (broad SMARTS) is 3. The average molecular weight is 955 g/mol. The van der Waals surface area contributed by atoms with Gasteiger partial charge in [-0.15, -0.1) is 0 Å². The monoisotopic (exact) mass is 955 g/mol. The second-order valence-electron chi connectivity index (χ2n) is 24.6. The van der Waals surface area contributed by atoms with Gasteiger partial charge in [-0.25, -0.2) is 0 Å². The molecule has 0 spiro atoms. The smallest absolute Gasteiger partial charge is 0.303 e. The lowest BCUT2D eigenvalue weighted by atomic mass is 9.78. The molecule has 68 heavy (non-hydrogen) atoms. The second kappa shape index (κ2) is 24.8. The number of aliphatic carboxylic acids is 3. The zero-order chi connectivity index (χ0) is 53.8. The quantitative estimate of drug-likeness (QED) is 0.0825. The molecule has 0 amide bonds. The number of phenols is 3. The van der Waals surface area contributed by atoms with Crippen LogP contribution in [0.2, 0.25) is 0 Å². The fourth-order valence-corrected chi connectivity index (χ4v) is 6.54. The molecule has 3 rings (SSSR count). The summed E-state index contributed by atoms with van der Waals surface area (Å²) in [6.07, 6.45) is 1.16. The largest absolute Gasteiger partial charge is 0.507 e. The maximum Gasteiger partial charge on any atom is 0.303 e. The summed E-state index contributed by atoms with van der Waals surface area (Å²) in [5, 5.41) is 83.2. The third kappa shape index (κ3) is 20.9. The summed E-state index contributed by atoms with van der Waals surface area (Å²) in [6.45, 7) is 38.6. The molecule has 0 saturated carbocycles. The summed E-state index contributed by atoms with van der Waals surface area (Å²) in [7, 11) is 0. The molecular formula is C56H90O12. The van der Waals surface area contributed by atoms with Crippen molar-refractivity contribution in [1.29, 1.82) is 0 Å². The van der Waals surface area contributed by atoms with Crippen LogP contribution in [0.3, 0.4) is 0 Å². The van der Waals surface area contributed by atoms with Crippen molar-refractivity contribution in [2.24, 2.45) is 5.41 Å². The number of rotatable bonds is 12. The van der Waals surface area contributed by atoms with E-state index in [4.69, 9.17) is 30.6 Å². The fourth-order valence-electron chi connectivity index (χ4n) is 6.54. The van der Waals surface area contributed by atoms with Crippen LogP contribution < -0.4 is 0 Å². The number of aliphatic hydroxyl groups excluding tert-OH is 3. The molecule has 0 heterocycles. The maximum absolute atomic E-state index is 10.8. The fraction of sp³-hybridized carbons (Fsp3) is 0.625. The molecular weight excluding hydrogens is 865 g/mol. The Hall–Kier alpha value is -4.65. The van der Waals surface area contributed by atoms with Crippen molar-refractivity contribution >= 4 is 17.9 Å². The summed E-state index contributed by atoms with van der Waals surface area (Å²) in [5.74, 6) is -1.81. The first-order chi connectivity index (χ1) is 30.5. The number of carboxylic acids is 3. The Morgan fingerprint density at radius 2 is 0.544 bits per heavy atom. The van der Waals surface area contributed by atoms with Gasteiger partial charge in [0.25, 0.3) is 0 Å². The summed E-state index contributed by atoms with van der Waals surface area (Å²) >= 11 is 0. The molecule has 0 radical (unpaired) electrons. The summed E-state index contributed by atoms with van der Waals surface area (Å²) in [4.78, 5) is 32.3. The van der Waals surface area contributed by atoms with Crippen LogP contribution in [0.25, 0.3) is 0 Å². The minimum Gasteiger partial charge on any atom is -0.507 e. The number of hydrogen-bond acceptors (Lipinski definition) is 9. The lowest BCUT2D eigenvalue weighted by molar-refractivity contribution is -0.138. The highest BCUT2D eigenvalue weighted by atomic mass is 16.4. The number of benzene rings is 3. The van der Waals surface area contributed by atoms with E-state index in [1.165, 1.54) is 0 Å². The Morgan fingerprint density at radius 1 is 0.353 bits per heavy atom. The molecule has 0 bridgehead atoms. The van der Waals surface area contributed by atoms with E-state index in [0.29, 0.717) is 19.3 Å². The van der Waals surface area contributed by atoms with Gasteiger partial charge in [0.1, 0.15) is 17.2 Å². The minimum atomic E-state index is -0.845. The molecule has 0 aromatic heterocycles. The number of aryl methyl sites for hydroxylation is 3. The van der Waals surface area contributed by atoms with Crippen molar-refractivity contribution in [3.8, 4) is 17.2 Å². The van der Waals surface area contributed by atoms with Crippen molar-refractivity contribution in [2.45, 2.75) is 203 Å². The molecule has 0 aliphatic heterocycles. The Labute approximate surface area is 408 Å². The summed E-state index contributed by atoms with van der Waals surface area (Å²) in [6, 6.07) is 11.9. The van der Waals surface area contributed by atoms with Crippen molar-refractivity contribution in [1.82, 2.24) is 0 Å². The highest BCUT2D eigenvalue weighted by Gasteiger charge is 2.28. The highest BCUT2D eigenvalue weighted by Crippen LogP contribution is 2.41. The van der Waals surface area contributed by atoms with Crippen molar-refractivity contribution < 1.29 is 60.3 Å². The van der Waals surface area contributed by atoms with Crippen molar-refractivity contribution in [2.75, 3.05) is 19.8 Å². The first-order valence-corrected chi connectivity index (χ1v) is 23.5. The van der Waals surface area contributed by atoms with Gasteiger partial charge in [0, 0.05) is 24.7 Å². The lowest BCUT2D eigenvalue weighted by Crippen LogP contribution is -2.29. The van der Waals surface area contributed by atoms with Crippen LogP contribution >= 0.6 is 0 Å². The number of aromatic hydroxyl groups is 3. The summed E-state index contributed by atoms with van der Waals surface area (Å²) < 4.78 is 0. The van der Waals surface area contributed by atoms with Crippen molar-refractivity contribution in [3.63, 3.8) is 0 Å². The van der Waals surface area contributed by atoms with Gasteiger partial charge in [0.2, 0.25) is 0 Å². The van der Waals surface area contributed by atoms with Crippen LogP contribution in [0, 0.1) is 5.41 Å². The van der Waals surface area contributed by atoms with Crippen LogP contribution in [0.5, 0.6) is 17.2 Å². The molecule has 0 atom stereocenters. The number of aliphatic hydroxyl groups is 3. The van der Waals surface area contributed by atoms with E-state index >= 15 is 0 Å². The standard InChI is InChI=1S/3C17H26O3.C5H12O3/c3*1-16(2,3)12-9-11(7-8-14(18)19)15(20)13(10-12)17(4,5)6;1-5(2-6,3-7)4-8/h3*9-10,20H,7-8H2,1-6H3,(H,18,19);6-8H,2-4H2,1H3. The topological polar surface area (TPSA) is 233 Å². The van der Waals surface area contributed by atoms with Crippen LogP contribution in [-0.4, -0.2) is 83.7 Å². The molecule has 0 saturated heterocycles. The van der Waals surface area contributed by atoms with Gasteiger partial charge in [0.05, 0.1) is 19.8 Å². The van der Waals surface area contributed by atoms with E-state index in [-0.39, 0.29) is 88.8 Å². The Balaban J connectivity index is 0.000000916. The lowest BCUT2D eigenvalue weighted by Gasteiger charge is -2.27. The van der Waals surface area contributed by atoms with E-state index < -0.39 is 23.3 Å². The van der Waals surface area contributed by atoms with Gasteiger partial charge in [-0.2, -0.15) is 0 Å². The van der Waals surface area contributed by atoms with E-state index in [2.05, 4.69) is 125 Å². The van der Waals surface area contributed by atoms with Gasteiger partial charge < -0.3 is 46.0 Å². The van der Waals surface area contributed by atoms with E-state index in [1.807, 2.05) is 36.4 Å². The minimum absolute atomic E-state index is 0.0325. The number of carbonyl (C=O) groups is 3. The van der Waals surface area contributed by atoms with Crippen LogP contribution in [0.1, 0.15) is 201 Å². The maximum atomic E-state index is 10.8. The molecule has 3 aromatic rings.